The van der Waals surface area contributed by atoms with Crippen molar-refractivity contribution in [1.82, 2.24) is 0 Å². The lowest BCUT2D eigenvalue weighted by Gasteiger charge is -1.89. The Morgan fingerprint density at radius 1 is 0.917 bits per heavy atom. The van der Waals surface area contributed by atoms with Crippen molar-refractivity contribution in [2.24, 2.45) is 0 Å². The molecule has 68 valence electrons. The largest absolute Gasteiger partial charge is 0.508 e. The first kappa shape index (κ1) is 11.1. The second kappa shape index (κ2) is 5.74. The Hall–Kier alpha value is -0.870. The second-order valence-corrected chi connectivity index (χ2v) is 2.32. The Balaban J connectivity index is 0.000000261. The summed E-state index contributed by atoms with van der Waals surface area (Å²) in [6.45, 7) is 0. The van der Waals surface area contributed by atoms with Gasteiger partial charge in [-0.1, -0.05) is 6.07 Å². The van der Waals surface area contributed by atoms with Crippen LogP contribution < -0.4 is 0 Å². The third kappa shape index (κ3) is 7.24. The van der Waals surface area contributed by atoms with Crippen molar-refractivity contribution in [3.05, 3.63) is 24.3 Å². The lowest BCUT2D eigenvalue weighted by atomic mass is 10.3. The maximum absolute atomic E-state index is 8.65. The third-order valence-electron chi connectivity index (χ3n) is 0.830. The first-order chi connectivity index (χ1) is 5.52. The number of rotatable bonds is 0. The summed E-state index contributed by atoms with van der Waals surface area (Å²) >= 11 is 0. The molecule has 0 saturated carbocycles. The van der Waals surface area contributed by atoms with Gasteiger partial charge in [0.05, 0.1) is 0 Å². The Labute approximate surface area is 70.2 Å². The van der Waals surface area contributed by atoms with Gasteiger partial charge in [0.2, 0.25) is 0 Å². The third-order valence-corrected chi connectivity index (χ3v) is 0.830. The lowest BCUT2D eigenvalue weighted by Crippen LogP contribution is -1.61. The van der Waals surface area contributed by atoms with Crippen molar-refractivity contribution in [1.29, 1.82) is 0 Å². The standard InChI is InChI=1S/C6H6O2.H3O3P/c7-5-2-1-3-6(8)4-5;1-4(2)3/h1-4,7-8H;1-3H. The van der Waals surface area contributed by atoms with E-state index in [1.165, 1.54) is 18.2 Å². The highest BCUT2D eigenvalue weighted by Gasteiger charge is 1.85. The molecule has 0 atom stereocenters. The first-order valence-electron chi connectivity index (χ1n) is 2.87. The number of aromatic hydroxyl groups is 2. The fourth-order valence-electron chi connectivity index (χ4n) is 0.493. The highest BCUT2D eigenvalue weighted by Crippen LogP contribution is 2.14. The minimum Gasteiger partial charge on any atom is -0.508 e. The van der Waals surface area contributed by atoms with E-state index < -0.39 is 8.60 Å². The molecule has 0 aliphatic heterocycles. The Morgan fingerprint density at radius 2 is 1.25 bits per heavy atom. The van der Waals surface area contributed by atoms with Crippen LogP contribution in [0.4, 0.5) is 0 Å². The number of phenolic OH excluding ortho intramolecular Hbond substituents is 2. The van der Waals surface area contributed by atoms with Crippen LogP contribution in [0.2, 0.25) is 0 Å². The summed E-state index contributed by atoms with van der Waals surface area (Å²) in [7, 11) is -2.62. The minimum atomic E-state index is -2.62. The topological polar surface area (TPSA) is 101 Å². The average Bonchev–Trinajstić information content (AvgIpc) is 1.84. The molecule has 0 fully saturated rings. The summed E-state index contributed by atoms with van der Waals surface area (Å²) < 4.78 is 0. The zero-order chi connectivity index (χ0) is 9.56. The monoisotopic (exact) mass is 192 g/mol. The van der Waals surface area contributed by atoms with Gasteiger partial charge in [-0.2, -0.15) is 0 Å². The van der Waals surface area contributed by atoms with Crippen LogP contribution in [-0.4, -0.2) is 24.9 Å². The summed E-state index contributed by atoms with van der Waals surface area (Å²) in [5, 5.41) is 17.3. The molecule has 0 saturated heterocycles. The predicted molar refractivity (Wildman–Crippen MR) is 43.3 cm³/mol. The molecule has 0 spiro atoms. The Bertz CT molecular complexity index is 207. The van der Waals surface area contributed by atoms with Gasteiger partial charge in [0.15, 0.2) is 0 Å². The van der Waals surface area contributed by atoms with Crippen LogP contribution in [0.1, 0.15) is 0 Å². The maximum atomic E-state index is 8.65. The molecule has 5 N–H and O–H groups in total. The highest BCUT2D eigenvalue weighted by molar-refractivity contribution is 7.38. The lowest BCUT2D eigenvalue weighted by molar-refractivity contribution is 0.368. The van der Waals surface area contributed by atoms with Gasteiger partial charge in [0.25, 0.3) is 0 Å². The van der Waals surface area contributed by atoms with Gasteiger partial charge in [-0.3, -0.25) is 0 Å². The molecular weight excluding hydrogens is 183 g/mol. The van der Waals surface area contributed by atoms with Crippen LogP contribution in [-0.2, 0) is 0 Å². The van der Waals surface area contributed by atoms with E-state index in [2.05, 4.69) is 0 Å². The zero-order valence-corrected chi connectivity index (χ0v) is 6.89. The SMILES string of the molecule is OP(O)O.Oc1cccc(O)c1. The van der Waals surface area contributed by atoms with Gasteiger partial charge in [0.1, 0.15) is 11.5 Å². The second-order valence-electron chi connectivity index (χ2n) is 1.79. The number of benzene rings is 1. The molecule has 0 radical (unpaired) electrons. The minimum absolute atomic E-state index is 0.0880. The number of hydrogen-bond acceptors (Lipinski definition) is 5. The molecule has 0 bridgehead atoms. The molecule has 1 aromatic rings. The summed E-state index contributed by atoms with van der Waals surface area (Å²) in [5.74, 6) is 0.176. The van der Waals surface area contributed by atoms with Gasteiger partial charge in [-0.25, -0.2) is 0 Å². The molecule has 5 nitrogen and oxygen atoms in total. The van der Waals surface area contributed by atoms with Gasteiger partial charge < -0.3 is 24.9 Å². The normalized spacial score (nSPS) is 9.00. The van der Waals surface area contributed by atoms with Crippen molar-refractivity contribution in [2.75, 3.05) is 0 Å². The van der Waals surface area contributed by atoms with Crippen LogP contribution in [0.5, 0.6) is 11.5 Å². The van der Waals surface area contributed by atoms with Crippen molar-refractivity contribution < 1.29 is 24.9 Å². The van der Waals surface area contributed by atoms with Gasteiger partial charge >= 0.3 is 8.60 Å². The predicted octanol–water partition coefficient (Wildman–Crippen LogP) is 0.288. The van der Waals surface area contributed by atoms with E-state index in [1.54, 1.807) is 6.07 Å². The van der Waals surface area contributed by atoms with E-state index in [0.717, 1.165) is 0 Å². The summed E-state index contributed by atoms with van der Waals surface area (Å²) in [5.41, 5.74) is 0. The smallest absolute Gasteiger partial charge is 0.324 e. The summed E-state index contributed by atoms with van der Waals surface area (Å²) in [6.07, 6.45) is 0. The number of phenols is 2. The average molecular weight is 192 g/mol. The van der Waals surface area contributed by atoms with Crippen molar-refractivity contribution in [2.45, 2.75) is 0 Å². The zero-order valence-electron chi connectivity index (χ0n) is 5.99. The van der Waals surface area contributed by atoms with Gasteiger partial charge in [-0.05, 0) is 12.1 Å². The highest BCUT2D eigenvalue weighted by atomic mass is 31.2. The molecule has 0 unspecified atom stereocenters. The Morgan fingerprint density at radius 3 is 1.42 bits per heavy atom. The molecule has 12 heavy (non-hydrogen) atoms. The quantitative estimate of drug-likeness (QED) is 0.380. The maximum Gasteiger partial charge on any atom is 0.324 e. The summed E-state index contributed by atoms with van der Waals surface area (Å²) in [6, 6.07) is 5.85. The molecule has 0 aromatic heterocycles. The summed E-state index contributed by atoms with van der Waals surface area (Å²) in [4.78, 5) is 21.7. The van der Waals surface area contributed by atoms with Crippen LogP contribution in [0.3, 0.4) is 0 Å². The molecule has 0 amide bonds. The van der Waals surface area contributed by atoms with Crippen molar-refractivity contribution in [3.8, 4) is 11.5 Å². The fraction of sp³-hybridized carbons (Fsp3) is 0. The molecular formula is C6H9O5P. The van der Waals surface area contributed by atoms with Gasteiger partial charge in [0, 0.05) is 6.07 Å². The van der Waals surface area contributed by atoms with Crippen LogP contribution in [0.25, 0.3) is 0 Å². The molecule has 6 heteroatoms. The van der Waals surface area contributed by atoms with Crippen LogP contribution in [0.15, 0.2) is 24.3 Å². The molecule has 1 aromatic carbocycles. The van der Waals surface area contributed by atoms with Crippen LogP contribution >= 0.6 is 8.60 Å². The molecule has 0 heterocycles. The molecule has 0 aliphatic rings. The Kier molecular flexibility index (Phi) is 5.32. The van der Waals surface area contributed by atoms with E-state index >= 15 is 0 Å². The molecule has 0 aliphatic carbocycles. The fourth-order valence-corrected chi connectivity index (χ4v) is 0.493. The first-order valence-corrected chi connectivity index (χ1v) is 4.07. The van der Waals surface area contributed by atoms with E-state index in [0.29, 0.717) is 0 Å². The van der Waals surface area contributed by atoms with E-state index in [4.69, 9.17) is 24.9 Å². The van der Waals surface area contributed by atoms with Crippen molar-refractivity contribution in [3.63, 3.8) is 0 Å². The van der Waals surface area contributed by atoms with E-state index in [-0.39, 0.29) is 11.5 Å². The van der Waals surface area contributed by atoms with E-state index in [9.17, 15) is 0 Å². The molecule has 1 rings (SSSR count). The number of hydrogen-bond donors (Lipinski definition) is 5. The van der Waals surface area contributed by atoms with Crippen LogP contribution in [0, 0.1) is 0 Å². The van der Waals surface area contributed by atoms with E-state index in [1.807, 2.05) is 0 Å². The van der Waals surface area contributed by atoms with Gasteiger partial charge in [-0.15, -0.1) is 0 Å². The van der Waals surface area contributed by atoms with Crippen molar-refractivity contribution >= 4 is 8.60 Å².